The molecule has 0 spiro atoms. The Balaban J connectivity index is 2.00. The van der Waals surface area contributed by atoms with Gasteiger partial charge >= 0.3 is 0 Å². The van der Waals surface area contributed by atoms with E-state index in [1.807, 2.05) is 0 Å². The number of rotatable bonds is 9. The molecular weight excluding hydrogens is 328 g/mol. The van der Waals surface area contributed by atoms with E-state index in [0.717, 1.165) is 17.9 Å². The Hall–Kier alpha value is -0.860. The summed E-state index contributed by atoms with van der Waals surface area (Å²) >= 11 is 8.83. The van der Waals surface area contributed by atoms with Gasteiger partial charge in [-0.15, -0.1) is 0 Å². The van der Waals surface area contributed by atoms with Crippen molar-refractivity contribution in [3.05, 3.63) is 71.3 Å². The number of hydrogen-bond donors (Lipinski definition) is 2. The van der Waals surface area contributed by atoms with Gasteiger partial charge in [-0.25, -0.2) is 0 Å². The third-order valence-corrected chi connectivity index (χ3v) is 6.02. The highest BCUT2D eigenvalue weighted by Gasteiger charge is 2.15. The van der Waals surface area contributed by atoms with E-state index in [-0.39, 0.29) is 0 Å². The maximum absolute atomic E-state index is 4.41. The first-order chi connectivity index (χ1) is 11.7. The Labute approximate surface area is 158 Å². The third kappa shape index (κ3) is 5.60. The molecule has 0 saturated heterocycles. The molecule has 0 amide bonds. The highest BCUT2D eigenvalue weighted by atomic mass is 32.1. The van der Waals surface area contributed by atoms with Crippen molar-refractivity contribution in [3.8, 4) is 0 Å². The van der Waals surface area contributed by atoms with Gasteiger partial charge in [0.05, 0.1) is 0 Å². The highest BCUT2D eigenvalue weighted by molar-refractivity contribution is 7.81. The summed E-state index contributed by atoms with van der Waals surface area (Å²) < 4.78 is 0. The first-order valence-electron chi connectivity index (χ1n) is 9.03. The second-order valence-corrected chi connectivity index (χ2v) is 7.56. The summed E-state index contributed by atoms with van der Waals surface area (Å²) in [4.78, 5) is 0. The molecular formula is C22H30S2. The zero-order valence-corrected chi connectivity index (χ0v) is 16.6. The molecule has 130 valence electrons. The van der Waals surface area contributed by atoms with Crippen LogP contribution in [0.2, 0.25) is 0 Å². The second kappa shape index (κ2) is 10.2. The first kappa shape index (κ1) is 19.5. The molecule has 0 radical (unpaired) electrons. The van der Waals surface area contributed by atoms with Gasteiger partial charge in [0, 0.05) is 0 Å². The summed E-state index contributed by atoms with van der Waals surface area (Å²) in [6.07, 6.45) is 3.47. The Morgan fingerprint density at radius 1 is 0.833 bits per heavy atom. The summed E-state index contributed by atoms with van der Waals surface area (Å²) in [6.45, 7) is 4.65. The van der Waals surface area contributed by atoms with Gasteiger partial charge < -0.3 is 0 Å². The lowest BCUT2D eigenvalue weighted by molar-refractivity contribution is 0.544. The fourth-order valence-electron chi connectivity index (χ4n) is 3.33. The van der Waals surface area contributed by atoms with Crippen LogP contribution in [0, 0.1) is 5.92 Å². The van der Waals surface area contributed by atoms with Crippen molar-refractivity contribution in [2.45, 2.75) is 44.9 Å². The van der Waals surface area contributed by atoms with Crippen molar-refractivity contribution in [2.75, 3.05) is 11.5 Å². The zero-order valence-electron chi connectivity index (χ0n) is 14.9. The van der Waals surface area contributed by atoms with Crippen LogP contribution in [0.4, 0.5) is 0 Å². The van der Waals surface area contributed by atoms with E-state index >= 15 is 0 Å². The second-order valence-electron chi connectivity index (χ2n) is 6.83. The highest BCUT2D eigenvalue weighted by Crippen LogP contribution is 2.32. The van der Waals surface area contributed by atoms with Crippen molar-refractivity contribution in [1.82, 2.24) is 0 Å². The molecule has 0 heterocycles. The Morgan fingerprint density at radius 3 is 2.00 bits per heavy atom. The van der Waals surface area contributed by atoms with Crippen LogP contribution in [0.1, 0.15) is 55.2 Å². The van der Waals surface area contributed by atoms with Gasteiger partial charge in [0.1, 0.15) is 0 Å². The Morgan fingerprint density at radius 2 is 1.46 bits per heavy atom. The molecule has 0 aliphatic rings. The molecule has 0 bridgehead atoms. The van der Waals surface area contributed by atoms with Gasteiger partial charge in [-0.2, -0.15) is 25.3 Å². The number of hydrogen-bond acceptors (Lipinski definition) is 2. The molecule has 2 aromatic rings. The minimum atomic E-state index is 0.558. The van der Waals surface area contributed by atoms with Gasteiger partial charge in [-0.05, 0) is 65.2 Å². The molecule has 2 unspecified atom stereocenters. The largest absolute Gasteiger partial charge is 0.179 e. The van der Waals surface area contributed by atoms with Gasteiger partial charge in [0.15, 0.2) is 0 Å². The van der Waals surface area contributed by atoms with Crippen LogP contribution < -0.4 is 0 Å². The molecule has 0 aromatic heterocycles. The van der Waals surface area contributed by atoms with E-state index in [1.165, 1.54) is 29.5 Å². The van der Waals surface area contributed by atoms with Crippen LogP contribution in [0.3, 0.4) is 0 Å². The summed E-state index contributed by atoms with van der Waals surface area (Å²) in [7, 11) is 0. The van der Waals surface area contributed by atoms with Crippen LogP contribution in [0.25, 0.3) is 0 Å². The van der Waals surface area contributed by atoms with Crippen molar-refractivity contribution in [2.24, 2.45) is 5.92 Å². The molecule has 0 N–H and O–H groups in total. The first-order valence-corrected chi connectivity index (χ1v) is 10.3. The minimum absolute atomic E-state index is 0.558. The summed E-state index contributed by atoms with van der Waals surface area (Å²) in [5.74, 6) is 3.57. The van der Waals surface area contributed by atoms with E-state index in [4.69, 9.17) is 0 Å². The van der Waals surface area contributed by atoms with Gasteiger partial charge in [-0.3, -0.25) is 0 Å². The molecule has 0 fully saturated rings. The average Bonchev–Trinajstić information content (AvgIpc) is 2.65. The molecule has 2 atom stereocenters. The SMILES string of the molecule is CCC(CC(C)c1ccc(CC(CS)CS)cc1)c1ccccc1. The van der Waals surface area contributed by atoms with E-state index < -0.39 is 0 Å². The molecule has 0 aliphatic carbocycles. The lowest BCUT2D eigenvalue weighted by atomic mass is 9.84. The minimum Gasteiger partial charge on any atom is -0.179 e. The average molecular weight is 359 g/mol. The predicted molar refractivity (Wildman–Crippen MR) is 114 cm³/mol. The summed E-state index contributed by atoms with van der Waals surface area (Å²) in [6, 6.07) is 20.1. The van der Waals surface area contributed by atoms with Crippen LogP contribution >= 0.6 is 25.3 Å². The number of thiol groups is 2. The lowest BCUT2D eigenvalue weighted by Crippen LogP contribution is -2.08. The maximum Gasteiger partial charge on any atom is -0.00585 e. The molecule has 2 heteroatoms. The Bertz CT molecular complexity index is 573. The van der Waals surface area contributed by atoms with Crippen LogP contribution in [-0.4, -0.2) is 11.5 Å². The maximum atomic E-state index is 4.41. The fourth-order valence-corrected chi connectivity index (χ4v) is 4.05. The molecule has 0 saturated carbocycles. The zero-order chi connectivity index (χ0) is 17.4. The van der Waals surface area contributed by atoms with Gasteiger partial charge in [0.2, 0.25) is 0 Å². The molecule has 24 heavy (non-hydrogen) atoms. The molecule has 2 rings (SSSR count). The lowest BCUT2D eigenvalue weighted by Gasteiger charge is -2.21. The van der Waals surface area contributed by atoms with Crippen molar-refractivity contribution < 1.29 is 0 Å². The van der Waals surface area contributed by atoms with E-state index in [1.54, 1.807) is 0 Å². The van der Waals surface area contributed by atoms with Gasteiger partial charge in [-0.1, -0.05) is 68.4 Å². The van der Waals surface area contributed by atoms with E-state index in [9.17, 15) is 0 Å². The fraction of sp³-hybridized carbons (Fsp3) is 0.455. The van der Waals surface area contributed by atoms with Crippen molar-refractivity contribution >= 4 is 25.3 Å². The van der Waals surface area contributed by atoms with E-state index in [2.05, 4.69) is 93.7 Å². The molecule has 0 nitrogen and oxygen atoms in total. The normalized spacial score (nSPS) is 13.9. The monoisotopic (exact) mass is 358 g/mol. The standard InChI is InChI=1S/C22H30S2/c1-3-20(22-7-5-4-6-8-22)13-17(2)21-11-9-18(10-12-21)14-19(15-23)16-24/h4-12,17,19-20,23-24H,3,13-16H2,1-2H3. The third-order valence-electron chi connectivity index (χ3n) is 4.99. The topological polar surface area (TPSA) is 0 Å². The quantitative estimate of drug-likeness (QED) is 0.477. The smallest absolute Gasteiger partial charge is 0.00585 e. The van der Waals surface area contributed by atoms with Crippen LogP contribution in [-0.2, 0) is 6.42 Å². The van der Waals surface area contributed by atoms with Crippen LogP contribution in [0.15, 0.2) is 54.6 Å². The van der Waals surface area contributed by atoms with Crippen LogP contribution in [0.5, 0.6) is 0 Å². The Kier molecular flexibility index (Phi) is 8.28. The van der Waals surface area contributed by atoms with Gasteiger partial charge in [0.25, 0.3) is 0 Å². The summed E-state index contributed by atoms with van der Waals surface area (Å²) in [5.41, 5.74) is 4.31. The predicted octanol–water partition coefficient (Wildman–Crippen LogP) is 6.39. The molecule has 0 aliphatic heterocycles. The van der Waals surface area contributed by atoms with Crippen molar-refractivity contribution in [1.29, 1.82) is 0 Å². The molecule has 2 aromatic carbocycles. The summed E-state index contributed by atoms with van der Waals surface area (Å²) in [5, 5.41) is 0. The van der Waals surface area contributed by atoms with E-state index in [0.29, 0.717) is 17.8 Å². The number of benzene rings is 2. The van der Waals surface area contributed by atoms with Crippen molar-refractivity contribution in [3.63, 3.8) is 0 Å².